The normalized spacial score (nSPS) is 15.4. The van der Waals surface area contributed by atoms with Crippen molar-refractivity contribution in [1.82, 2.24) is 14.7 Å². The minimum atomic E-state index is -0.418. The monoisotopic (exact) mass is 313 g/mol. The number of carbonyl (C=O) groups excluding carboxylic acids is 1. The summed E-state index contributed by atoms with van der Waals surface area (Å²) in [7, 11) is 1.74. The van der Waals surface area contributed by atoms with E-state index in [9.17, 15) is 9.90 Å². The van der Waals surface area contributed by atoms with Gasteiger partial charge in [0.1, 0.15) is 0 Å². The van der Waals surface area contributed by atoms with E-state index < -0.39 is 6.10 Å². The maximum absolute atomic E-state index is 12.7. The Labute approximate surface area is 136 Å². The number of aromatic nitrogens is 2. The summed E-state index contributed by atoms with van der Waals surface area (Å²) < 4.78 is 1.82. The average Bonchev–Trinajstić information content (AvgIpc) is 3.34. The number of aliphatic hydroxyl groups is 1. The number of nitrogens with zero attached hydrogens (tertiary/aromatic N) is 3. The second-order valence-corrected chi connectivity index (χ2v) is 6.20. The lowest BCUT2D eigenvalue weighted by atomic mass is 10.1. The molecule has 23 heavy (non-hydrogen) atoms. The maximum Gasteiger partial charge on any atom is 0.257 e. The molecule has 0 bridgehead atoms. The number of amides is 1. The molecule has 3 rings (SSSR count). The summed E-state index contributed by atoms with van der Waals surface area (Å²) in [5.74, 6) is 0.284. The van der Waals surface area contributed by atoms with Crippen LogP contribution in [0.15, 0.2) is 36.5 Å². The van der Waals surface area contributed by atoms with Gasteiger partial charge in [-0.2, -0.15) is 5.10 Å². The highest BCUT2D eigenvalue weighted by Crippen LogP contribution is 2.32. The highest BCUT2D eigenvalue weighted by molar-refractivity contribution is 5.95. The lowest BCUT2D eigenvalue weighted by Crippen LogP contribution is -2.35. The molecule has 1 aromatic carbocycles. The van der Waals surface area contributed by atoms with Crippen LogP contribution in [0.1, 0.15) is 35.8 Å². The van der Waals surface area contributed by atoms with Crippen molar-refractivity contribution < 1.29 is 9.90 Å². The van der Waals surface area contributed by atoms with E-state index in [4.69, 9.17) is 0 Å². The van der Waals surface area contributed by atoms with Crippen LogP contribution in [-0.2, 0) is 6.42 Å². The predicted molar refractivity (Wildman–Crippen MR) is 88.6 cm³/mol. The van der Waals surface area contributed by atoms with Crippen molar-refractivity contribution in [1.29, 1.82) is 0 Å². The number of hydrogen-bond donors (Lipinski definition) is 1. The van der Waals surface area contributed by atoms with E-state index in [0.29, 0.717) is 18.0 Å². The maximum atomic E-state index is 12.7. The number of hydrogen-bond acceptors (Lipinski definition) is 3. The van der Waals surface area contributed by atoms with Crippen molar-refractivity contribution in [3.8, 4) is 5.69 Å². The minimum absolute atomic E-state index is 0.0799. The summed E-state index contributed by atoms with van der Waals surface area (Å²) in [6.45, 7) is 2.40. The van der Waals surface area contributed by atoms with Crippen LogP contribution in [-0.4, -0.2) is 45.4 Å². The number of para-hydroxylation sites is 1. The third kappa shape index (κ3) is 3.29. The van der Waals surface area contributed by atoms with Gasteiger partial charge >= 0.3 is 0 Å². The zero-order valence-electron chi connectivity index (χ0n) is 13.6. The smallest absolute Gasteiger partial charge is 0.257 e. The number of carbonyl (C=O) groups is 1. The van der Waals surface area contributed by atoms with E-state index in [1.165, 1.54) is 0 Å². The Kier molecular flexibility index (Phi) is 4.48. The SMILES string of the molecule is CCc1c(C(=O)N(C)CC(O)C2CC2)cnn1-c1ccccc1. The zero-order valence-corrected chi connectivity index (χ0v) is 13.6. The van der Waals surface area contributed by atoms with Gasteiger partial charge in [0.05, 0.1) is 29.2 Å². The first-order chi connectivity index (χ1) is 11.1. The summed E-state index contributed by atoms with van der Waals surface area (Å²) >= 11 is 0. The van der Waals surface area contributed by atoms with Gasteiger partial charge in [0.15, 0.2) is 0 Å². The van der Waals surface area contributed by atoms with Crippen molar-refractivity contribution in [2.24, 2.45) is 5.92 Å². The van der Waals surface area contributed by atoms with E-state index in [1.807, 2.05) is 41.9 Å². The molecule has 0 radical (unpaired) electrons. The van der Waals surface area contributed by atoms with Crippen LogP contribution in [0.3, 0.4) is 0 Å². The number of benzene rings is 1. The van der Waals surface area contributed by atoms with Crippen molar-refractivity contribution in [3.05, 3.63) is 47.8 Å². The first-order valence-corrected chi connectivity index (χ1v) is 8.17. The van der Waals surface area contributed by atoms with Gasteiger partial charge in [0, 0.05) is 13.6 Å². The van der Waals surface area contributed by atoms with Crippen LogP contribution in [0.25, 0.3) is 5.69 Å². The Morgan fingerprint density at radius 2 is 2.09 bits per heavy atom. The summed E-state index contributed by atoms with van der Waals surface area (Å²) in [5.41, 5.74) is 2.46. The zero-order chi connectivity index (χ0) is 16.4. The molecule has 0 aliphatic heterocycles. The Morgan fingerprint density at radius 3 is 2.70 bits per heavy atom. The van der Waals surface area contributed by atoms with Gasteiger partial charge in [-0.25, -0.2) is 4.68 Å². The van der Waals surface area contributed by atoms with Crippen LogP contribution in [0, 0.1) is 5.92 Å². The topological polar surface area (TPSA) is 58.4 Å². The molecular weight excluding hydrogens is 290 g/mol. The van der Waals surface area contributed by atoms with Crippen LogP contribution in [0.5, 0.6) is 0 Å². The fourth-order valence-corrected chi connectivity index (χ4v) is 2.88. The molecular formula is C18H23N3O2. The molecule has 0 spiro atoms. The minimum Gasteiger partial charge on any atom is -0.391 e. The fourth-order valence-electron chi connectivity index (χ4n) is 2.88. The second kappa shape index (κ2) is 6.54. The summed E-state index contributed by atoms with van der Waals surface area (Å²) in [6.07, 6.45) is 4.06. The van der Waals surface area contributed by atoms with Crippen molar-refractivity contribution in [3.63, 3.8) is 0 Å². The van der Waals surface area contributed by atoms with Gasteiger partial charge in [-0.15, -0.1) is 0 Å². The molecule has 1 aliphatic carbocycles. The van der Waals surface area contributed by atoms with Crippen LogP contribution >= 0.6 is 0 Å². The first-order valence-electron chi connectivity index (χ1n) is 8.17. The molecule has 122 valence electrons. The van der Waals surface area contributed by atoms with Crippen LogP contribution in [0.4, 0.5) is 0 Å². The van der Waals surface area contributed by atoms with Crippen LogP contribution < -0.4 is 0 Å². The van der Waals surface area contributed by atoms with E-state index in [2.05, 4.69) is 5.10 Å². The van der Waals surface area contributed by atoms with Gasteiger partial charge < -0.3 is 10.0 Å². The highest BCUT2D eigenvalue weighted by Gasteiger charge is 2.31. The molecule has 1 N–H and O–H groups in total. The van der Waals surface area contributed by atoms with Gasteiger partial charge in [-0.3, -0.25) is 4.79 Å². The molecule has 0 saturated heterocycles. The first kappa shape index (κ1) is 15.7. The lowest BCUT2D eigenvalue weighted by Gasteiger charge is -2.20. The molecule has 2 aromatic rings. The molecule has 1 unspecified atom stereocenters. The molecule has 1 amide bonds. The Hall–Kier alpha value is -2.14. The van der Waals surface area contributed by atoms with E-state index in [-0.39, 0.29) is 5.91 Å². The Balaban J connectivity index is 1.82. The van der Waals surface area contributed by atoms with Crippen LogP contribution in [0.2, 0.25) is 0 Å². The quantitative estimate of drug-likeness (QED) is 0.890. The number of rotatable bonds is 6. The summed E-state index contributed by atoms with van der Waals surface area (Å²) in [5, 5.41) is 14.4. The van der Waals surface area contributed by atoms with Gasteiger partial charge in [0.2, 0.25) is 0 Å². The summed E-state index contributed by atoms with van der Waals surface area (Å²) in [6, 6.07) is 9.81. The van der Waals surface area contributed by atoms with E-state index in [0.717, 1.165) is 30.6 Å². The molecule has 1 atom stereocenters. The third-order valence-corrected chi connectivity index (χ3v) is 4.41. The molecule has 1 saturated carbocycles. The standard InChI is InChI=1S/C18H23N3O2/c1-3-16-15(11-19-21(16)14-7-5-4-6-8-14)18(23)20(2)12-17(22)13-9-10-13/h4-8,11,13,17,22H,3,9-10,12H2,1-2H3. The fraction of sp³-hybridized carbons (Fsp3) is 0.444. The second-order valence-electron chi connectivity index (χ2n) is 6.20. The molecule has 1 fully saturated rings. The average molecular weight is 313 g/mol. The summed E-state index contributed by atoms with van der Waals surface area (Å²) in [4.78, 5) is 14.3. The third-order valence-electron chi connectivity index (χ3n) is 4.41. The van der Waals surface area contributed by atoms with Gasteiger partial charge in [-0.05, 0) is 37.3 Å². The molecule has 1 aromatic heterocycles. The predicted octanol–water partition coefficient (Wildman–Crippen LogP) is 2.28. The van der Waals surface area contributed by atoms with Crippen molar-refractivity contribution >= 4 is 5.91 Å². The molecule has 5 heteroatoms. The van der Waals surface area contributed by atoms with Gasteiger partial charge in [0.25, 0.3) is 5.91 Å². The van der Waals surface area contributed by atoms with E-state index >= 15 is 0 Å². The largest absolute Gasteiger partial charge is 0.391 e. The molecule has 1 heterocycles. The van der Waals surface area contributed by atoms with Gasteiger partial charge in [-0.1, -0.05) is 25.1 Å². The number of likely N-dealkylation sites (N-methyl/N-ethyl adjacent to an activating group) is 1. The number of aliphatic hydroxyl groups excluding tert-OH is 1. The Bertz CT molecular complexity index is 677. The van der Waals surface area contributed by atoms with E-state index in [1.54, 1.807) is 18.1 Å². The molecule has 1 aliphatic rings. The molecule has 5 nitrogen and oxygen atoms in total. The van der Waals surface area contributed by atoms with Crippen molar-refractivity contribution in [2.75, 3.05) is 13.6 Å². The Morgan fingerprint density at radius 1 is 1.39 bits per heavy atom. The lowest BCUT2D eigenvalue weighted by molar-refractivity contribution is 0.0644. The highest BCUT2D eigenvalue weighted by atomic mass is 16.3. The van der Waals surface area contributed by atoms with Crippen molar-refractivity contribution in [2.45, 2.75) is 32.3 Å².